The molecule has 3 aliphatic rings. The molecule has 3 aliphatic heterocycles. The van der Waals surface area contributed by atoms with E-state index >= 15 is 4.79 Å². The molecular weight excluding hydrogens is 1460 g/mol. The van der Waals surface area contributed by atoms with Crippen LogP contribution in [0.25, 0.3) is 0 Å². The van der Waals surface area contributed by atoms with Gasteiger partial charge in [-0.1, -0.05) is 96.4 Å². The summed E-state index contributed by atoms with van der Waals surface area (Å²) in [5, 5.41) is 68.4. The summed E-state index contributed by atoms with van der Waals surface area (Å²) in [4.78, 5) is 246. The summed E-state index contributed by atoms with van der Waals surface area (Å²) in [5.74, 6) is -23.4. The van der Waals surface area contributed by atoms with Gasteiger partial charge in [0.1, 0.15) is 54.4 Å². The second-order valence-corrected chi connectivity index (χ2v) is 28.9. The Morgan fingerprint density at radius 2 is 0.964 bits per heavy atom. The number of carboxylic acids is 4. The van der Waals surface area contributed by atoms with Crippen LogP contribution in [0.15, 0.2) is 48.5 Å². The number of carbonyl (C=O) groups excluding carboxylic acids is 14. The van der Waals surface area contributed by atoms with E-state index < -0.39 is 205 Å². The van der Waals surface area contributed by atoms with E-state index in [4.69, 9.17) is 5.73 Å². The van der Waals surface area contributed by atoms with Crippen molar-refractivity contribution in [2.45, 2.75) is 249 Å². The van der Waals surface area contributed by atoms with Crippen LogP contribution in [0.1, 0.15) is 181 Å². The average Bonchev–Trinajstić information content (AvgIpc) is 0.933. The second-order valence-electron chi connectivity index (χ2n) is 28.9. The van der Waals surface area contributed by atoms with Gasteiger partial charge in [-0.05, 0) is 113 Å². The summed E-state index contributed by atoms with van der Waals surface area (Å²) in [6, 6.07) is -5.26. The standard InChI is InChI=1S/C75H109N15O22/c1-7-8-9-10-11-12-13-14-15-21-54(91)80-47-28-22-45(23-29-47)26-32-55(92)81-48-30-24-46(25-31-48)27-33-56(93)82-51(38-61(100)101)68(104)88-65-44(6)79-69(105)53-20-18-35-90(53)73(109)62(41(2)3)86-72(108)64(43(5)76)85-58(95)40-78-66(102)49(36-59(96)97)83-57(94)39-77-67(103)50(37-60(98)99)84-71(107)63(42(4)75(111)112)87-70(106)52-19-16-17-34-89(52)74(65)110/h22-25,28-31,41-44,49-53,62-65H,7-21,26-27,32-40,76H2,1-6H3,(H,77,103)(H,78,102)(H,79,105)(H,80,91)(H,81,92)(H,82,93)(H,83,94)(H,84,107)(H,85,95)(H,86,108)(H,87,106)(H,88,104)(H,96,97)(H,98,99)(H,100,101)(H,111,112). The number of carbonyl (C=O) groups is 18. The summed E-state index contributed by atoms with van der Waals surface area (Å²) >= 11 is 0. The maximum Gasteiger partial charge on any atom is 0.308 e. The molecule has 0 aliphatic carbocycles. The van der Waals surface area contributed by atoms with Crippen LogP contribution in [-0.2, 0) is 99.1 Å². The smallest absolute Gasteiger partial charge is 0.308 e. The number of unbranched alkanes of at least 4 members (excludes halogenated alkanes) is 8. The molecule has 0 bridgehead atoms. The molecule has 37 heteroatoms. The number of carboxylic acid groups (broad SMARTS) is 4. The largest absolute Gasteiger partial charge is 0.481 e. The molecule has 0 radical (unpaired) electrons. The fourth-order valence-corrected chi connectivity index (χ4v) is 13.0. The molecule has 2 aromatic carbocycles. The maximum atomic E-state index is 15.4. The minimum atomic E-state index is -2.18. The van der Waals surface area contributed by atoms with Crippen LogP contribution < -0.4 is 69.5 Å². The van der Waals surface area contributed by atoms with Gasteiger partial charge < -0.3 is 99.8 Å². The van der Waals surface area contributed by atoms with Crippen molar-refractivity contribution in [1.82, 2.24) is 63.0 Å². The van der Waals surface area contributed by atoms with E-state index in [1.165, 1.54) is 52.4 Å². The number of anilines is 2. The molecule has 37 nitrogen and oxygen atoms in total. The lowest BCUT2D eigenvalue weighted by atomic mass is 9.96. The first kappa shape index (κ1) is 91.5. The average molecular weight is 1570 g/mol. The van der Waals surface area contributed by atoms with E-state index in [9.17, 15) is 102 Å². The monoisotopic (exact) mass is 1570 g/mol. The van der Waals surface area contributed by atoms with Crippen molar-refractivity contribution in [3.8, 4) is 0 Å². The zero-order valence-electron chi connectivity index (χ0n) is 64.1. The van der Waals surface area contributed by atoms with Crippen LogP contribution >= 0.6 is 0 Å². The Balaban J connectivity index is 1.38. The number of aryl methyl sites for hydroxylation is 2. The number of amides is 14. The minimum Gasteiger partial charge on any atom is -0.481 e. The highest BCUT2D eigenvalue weighted by Gasteiger charge is 2.45. The number of nitrogens with one attached hydrogen (secondary N) is 12. The third-order valence-electron chi connectivity index (χ3n) is 19.4. The van der Waals surface area contributed by atoms with Gasteiger partial charge >= 0.3 is 23.9 Å². The van der Waals surface area contributed by atoms with Gasteiger partial charge in [-0.2, -0.15) is 0 Å². The number of benzene rings is 2. The number of aliphatic carboxylic acids is 4. The van der Waals surface area contributed by atoms with Crippen LogP contribution in [-0.4, -0.2) is 229 Å². The van der Waals surface area contributed by atoms with Crippen molar-refractivity contribution in [3.05, 3.63) is 59.7 Å². The number of fused-ring (bicyclic) bond motifs is 2. The van der Waals surface area contributed by atoms with Crippen molar-refractivity contribution >= 4 is 118 Å². The van der Waals surface area contributed by atoms with Crippen molar-refractivity contribution < 1.29 is 107 Å². The van der Waals surface area contributed by atoms with E-state index in [-0.39, 0.29) is 76.3 Å². The molecule has 0 aromatic heterocycles. The summed E-state index contributed by atoms with van der Waals surface area (Å²) < 4.78 is 0. The maximum absolute atomic E-state index is 15.4. The zero-order chi connectivity index (χ0) is 82.9. The van der Waals surface area contributed by atoms with Crippen molar-refractivity contribution in [3.63, 3.8) is 0 Å². The van der Waals surface area contributed by atoms with Gasteiger partial charge in [-0.15, -0.1) is 0 Å². The van der Waals surface area contributed by atoms with Crippen LogP contribution in [0.3, 0.4) is 0 Å². The molecule has 2 aromatic rings. The number of piperidine rings is 1. The number of nitrogens with two attached hydrogens (primary N) is 1. The third kappa shape index (κ3) is 30.3. The Morgan fingerprint density at radius 1 is 0.500 bits per heavy atom. The normalized spacial score (nSPS) is 22.5. The molecule has 0 saturated carbocycles. The molecule has 616 valence electrons. The molecule has 112 heavy (non-hydrogen) atoms. The van der Waals surface area contributed by atoms with E-state index in [1.807, 2.05) is 28.1 Å². The highest BCUT2D eigenvalue weighted by atomic mass is 16.4. The molecule has 3 heterocycles. The fraction of sp³-hybridized carbons (Fsp3) is 0.600. The molecule has 5 rings (SSSR count). The summed E-state index contributed by atoms with van der Waals surface area (Å²) in [6.07, 6.45) is 7.94. The van der Waals surface area contributed by atoms with Crippen molar-refractivity contribution in [2.75, 3.05) is 36.8 Å². The van der Waals surface area contributed by atoms with Crippen molar-refractivity contribution in [1.29, 1.82) is 0 Å². The molecule has 3 fully saturated rings. The first-order chi connectivity index (χ1) is 53.1. The Labute approximate surface area is 648 Å². The molecule has 18 N–H and O–H groups in total. The second kappa shape index (κ2) is 45.9. The van der Waals surface area contributed by atoms with E-state index in [0.29, 0.717) is 29.8 Å². The van der Waals surface area contributed by atoms with Crippen molar-refractivity contribution in [2.24, 2.45) is 17.6 Å². The van der Waals surface area contributed by atoms with Crippen LogP contribution in [0, 0.1) is 11.8 Å². The molecule has 3 saturated heterocycles. The number of hydrogen-bond acceptors (Lipinski definition) is 19. The van der Waals surface area contributed by atoms with Gasteiger partial charge in [0.25, 0.3) is 0 Å². The Hall–Kier alpha value is -11.1. The summed E-state index contributed by atoms with van der Waals surface area (Å²) in [5.41, 5.74) is 8.70. The van der Waals surface area contributed by atoms with Gasteiger partial charge in [0.05, 0.1) is 44.3 Å². The number of hydrogen-bond donors (Lipinski definition) is 17. The molecule has 12 atom stereocenters. The van der Waals surface area contributed by atoms with Gasteiger partial charge in [0.15, 0.2) is 0 Å². The number of rotatable bonds is 31. The van der Waals surface area contributed by atoms with Crippen LogP contribution in [0.5, 0.6) is 0 Å². The van der Waals surface area contributed by atoms with Gasteiger partial charge in [0, 0.05) is 49.8 Å². The Morgan fingerprint density at radius 3 is 1.48 bits per heavy atom. The Kier molecular flexibility index (Phi) is 37.5. The zero-order valence-corrected chi connectivity index (χ0v) is 64.1. The van der Waals surface area contributed by atoms with E-state index in [0.717, 1.165) is 41.5 Å². The van der Waals surface area contributed by atoms with Gasteiger partial charge in [-0.25, -0.2) is 0 Å². The third-order valence-corrected chi connectivity index (χ3v) is 19.4. The van der Waals surface area contributed by atoms with Gasteiger partial charge in [-0.3, -0.25) is 86.3 Å². The lowest BCUT2D eigenvalue weighted by Crippen LogP contribution is -2.66. The molecule has 0 spiro atoms. The fourth-order valence-electron chi connectivity index (χ4n) is 13.0. The first-order valence-electron chi connectivity index (χ1n) is 38.0. The first-order valence-corrected chi connectivity index (χ1v) is 38.0. The summed E-state index contributed by atoms with van der Waals surface area (Å²) in [7, 11) is 0. The van der Waals surface area contributed by atoms with E-state index in [2.05, 4.69) is 54.8 Å². The molecular formula is C75H109N15O22. The quantitative estimate of drug-likeness (QED) is 0.0432. The molecule has 12 unspecified atom stereocenters. The predicted molar refractivity (Wildman–Crippen MR) is 402 cm³/mol. The SMILES string of the molecule is CCCCCCCCCCCC(=O)Nc1ccc(CCC(=O)Nc2ccc(CCC(=O)NC(CC(=O)O)C(=O)NC3C(=O)N4CCCCC4C(=O)NC(C(C)C(=O)O)C(=O)NC(CC(=O)O)C(=O)NCC(=O)NC(CC(=O)O)C(=O)NCC(=O)NC(C(C)N)C(=O)NC(C(C)C)C(=O)N4CCCC4C(=O)NC3C)cc2)cc1. The van der Waals surface area contributed by atoms with E-state index in [1.54, 1.807) is 50.2 Å². The Bertz CT molecular complexity index is 3690. The predicted octanol–water partition coefficient (Wildman–Crippen LogP) is -0.286. The topological polar surface area (TPSA) is 565 Å². The van der Waals surface area contributed by atoms with Crippen LogP contribution in [0.2, 0.25) is 0 Å². The molecule has 14 amide bonds. The summed E-state index contributed by atoms with van der Waals surface area (Å²) in [6.45, 7) is 6.38. The van der Waals surface area contributed by atoms with Crippen LogP contribution in [0.4, 0.5) is 11.4 Å². The highest BCUT2D eigenvalue weighted by Crippen LogP contribution is 2.25. The van der Waals surface area contributed by atoms with Gasteiger partial charge in [0.2, 0.25) is 82.7 Å². The number of nitrogens with zero attached hydrogens (tertiary/aromatic N) is 2. The lowest BCUT2D eigenvalue weighted by molar-refractivity contribution is -0.150. The highest BCUT2D eigenvalue weighted by molar-refractivity contribution is 6.02. The minimum absolute atomic E-state index is 0.0110. The lowest BCUT2D eigenvalue weighted by Gasteiger charge is -2.39.